The Morgan fingerprint density at radius 1 is 1.20 bits per heavy atom. The predicted molar refractivity (Wildman–Crippen MR) is 85.6 cm³/mol. The number of aromatic nitrogens is 2. The fourth-order valence-corrected chi connectivity index (χ4v) is 2.36. The molecule has 0 aliphatic heterocycles. The van der Waals surface area contributed by atoms with E-state index < -0.39 is 28.9 Å². The summed E-state index contributed by atoms with van der Waals surface area (Å²) < 4.78 is 40.2. The van der Waals surface area contributed by atoms with Crippen LogP contribution in [0.1, 0.15) is 21.5 Å². The maximum absolute atomic E-state index is 13.0. The van der Waals surface area contributed by atoms with E-state index in [0.717, 1.165) is 28.3 Å². The van der Waals surface area contributed by atoms with Crippen LogP contribution in [-0.2, 0) is 6.18 Å². The number of pyridine rings is 1. The van der Waals surface area contributed by atoms with Crippen molar-refractivity contribution in [3.63, 3.8) is 0 Å². The second-order valence-corrected chi connectivity index (χ2v) is 5.41. The first-order chi connectivity index (χ1) is 11.8. The number of fused-ring (bicyclic) bond motifs is 1. The van der Waals surface area contributed by atoms with Crippen molar-refractivity contribution in [1.29, 1.82) is 0 Å². The topological polar surface area (TPSA) is 63.5 Å². The molecule has 3 rings (SSSR count). The number of carbonyl (C=O) groups excluding carboxylic acids is 1. The first-order valence-corrected chi connectivity index (χ1v) is 7.23. The van der Waals surface area contributed by atoms with E-state index in [-0.39, 0.29) is 5.56 Å². The third-order valence-electron chi connectivity index (χ3n) is 3.59. The molecule has 1 amide bonds. The number of carbonyl (C=O) groups is 1. The minimum atomic E-state index is -4.63. The SMILES string of the molecule is Cc1ccn2c(=O)c(C(=O)Nc3ccccc3C(F)(F)F)cnc2c1. The minimum absolute atomic E-state index is 0.345. The van der Waals surface area contributed by atoms with Gasteiger partial charge < -0.3 is 5.32 Å². The summed E-state index contributed by atoms with van der Waals surface area (Å²) >= 11 is 0. The molecule has 2 heterocycles. The quantitative estimate of drug-likeness (QED) is 0.774. The largest absolute Gasteiger partial charge is 0.418 e. The Kier molecular flexibility index (Phi) is 4.03. The van der Waals surface area contributed by atoms with Crippen LogP contribution in [0.25, 0.3) is 5.65 Å². The van der Waals surface area contributed by atoms with Gasteiger partial charge in [0.15, 0.2) is 0 Å². The van der Waals surface area contributed by atoms with Gasteiger partial charge >= 0.3 is 6.18 Å². The summed E-state index contributed by atoms with van der Waals surface area (Å²) in [6.07, 6.45) is -2.11. The van der Waals surface area contributed by atoms with Crippen molar-refractivity contribution in [2.24, 2.45) is 0 Å². The summed E-state index contributed by atoms with van der Waals surface area (Å²) in [5.74, 6) is -0.954. The van der Waals surface area contributed by atoms with Crippen molar-refractivity contribution in [2.75, 3.05) is 5.32 Å². The second-order valence-electron chi connectivity index (χ2n) is 5.41. The summed E-state index contributed by atoms with van der Waals surface area (Å²) in [6.45, 7) is 1.82. The van der Waals surface area contributed by atoms with Crippen LogP contribution in [0.3, 0.4) is 0 Å². The Labute approximate surface area is 139 Å². The fraction of sp³-hybridized carbons (Fsp3) is 0.118. The average molecular weight is 347 g/mol. The Bertz CT molecular complexity index is 1030. The van der Waals surface area contributed by atoms with Gasteiger partial charge in [0, 0.05) is 12.4 Å². The molecule has 0 saturated heterocycles. The average Bonchev–Trinajstić information content (AvgIpc) is 2.54. The van der Waals surface area contributed by atoms with Gasteiger partial charge in [0.25, 0.3) is 11.5 Å². The van der Waals surface area contributed by atoms with E-state index in [1.54, 1.807) is 12.1 Å². The van der Waals surface area contributed by atoms with E-state index in [4.69, 9.17) is 0 Å². The zero-order valence-corrected chi connectivity index (χ0v) is 13.0. The molecule has 2 aromatic heterocycles. The van der Waals surface area contributed by atoms with Crippen LogP contribution in [0.5, 0.6) is 0 Å². The van der Waals surface area contributed by atoms with Gasteiger partial charge in [-0.2, -0.15) is 13.2 Å². The number of nitrogens with zero attached hydrogens (tertiary/aromatic N) is 2. The molecule has 0 bridgehead atoms. The Morgan fingerprint density at radius 3 is 2.64 bits per heavy atom. The van der Waals surface area contributed by atoms with Crippen molar-refractivity contribution in [3.8, 4) is 0 Å². The van der Waals surface area contributed by atoms with Gasteiger partial charge in [-0.1, -0.05) is 12.1 Å². The van der Waals surface area contributed by atoms with Gasteiger partial charge in [0.1, 0.15) is 11.2 Å². The highest BCUT2D eigenvalue weighted by Gasteiger charge is 2.33. The van der Waals surface area contributed by atoms with Crippen LogP contribution in [0.2, 0.25) is 0 Å². The minimum Gasteiger partial charge on any atom is -0.321 e. The number of anilines is 1. The summed E-state index contributed by atoms with van der Waals surface area (Å²) in [5, 5.41) is 2.14. The number of amides is 1. The van der Waals surface area contributed by atoms with Crippen molar-refractivity contribution in [1.82, 2.24) is 9.38 Å². The third-order valence-corrected chi connectivity index (χ3v) is 3.59. The lowest BCUT2D eigenvalue weighted by Crippen LogP contribution is -2.27. The zero-order valence-electron chi connectivity index (χ0n) is 13.0. The van der Waals surface area contributed by atoms with Gasteiger partial charge in [-0.15, -0.1) is 0 Å². The van der Waals surface area contributed by atoms with Gasteiger partial charge in [0.2, 0.25) is 0 Å². The summed E-state index contributed by atoms with van der Waals surface area (Å²) in [6, 6.07) is 7.87. The molecule has 0 saturated carbocycles. The van der Waals surface area contributed by atoms with Crippen LogP contribution >= 0.6 is 0 Å². The number of aryl methyl sites for hydroxylation is 1. The monoisotopic (exact) mass is 347 g/mol. The highest BCUT2D eigenvalue weighted by atomic mass is 19.4. The van der Waals surface area contributed by atoms with E-state index in [9.17, 15) is 22.8 Å². The van der Waals surface area contributed by atoms with Crippen molar-refractivity contribution >= 4 is 17.2 Å². The van der Waals surface area contributed by atoms with E-state index in [1.807, 2.05) is 6.92 Å². The predicted octanol–water partition coefficient (Wildman–Crippen LogP) is 3.27. The van der Waals surface area contributed by atoms with Crippen molar-refractivity contribution in [3.05, 3.63) is 75.8 Å². The van der Waals surface area contributed by atoms with Gasteiger partial charge in [-0.05, 0) is 36.8 Å². The smallest absolute Gasteiger partial charge is 0.321 e. The number of rotatable bonds is 2. The lowest BCUT2D eigenvalue weighted by atomic mass is 10.1. The Balaban J connectivity index is 2.01. The zero-order chi connectivity index (χ0) is 18.2. The maximum atomic E-state index is 13.0. The molecule has 0 atom stereocenters. The first kappa shape index (κ1) is 16.7. The van der Waals surface area contributed by atoms with E-state index in [2.05, 4.69) is 10.3 Å². The number of hydrogen-bond donors (Lipinski definition) is 1. The van der Waals surface area contributed by atoms with Crippen LogP contribution in [0, 0.1) is 6.92 Å². The van der Waals surface area contributed by atoms with Crippen LogP contribution in [0.4, 0.5) is 18.9 Å². The van der Waals surface area contributed by atoms with Crippen LogP contribution < -0.4 is 10.9 Å². The molecule has 1 aromatic carbocycles. The van der Waals surface area contributed by atoms with Gasteiger partial charge in [-0.25, -0.2) is 4.98 Å². The molecule has 8 heteroatoms. The number of nitrogens with one attached hydrogen (secondary N) is 1. The Morgan fingerprint density at radius 2 is 1.92 bits per heavy atom. The van der Waals surface area contributed by atoms with Crippen LogP contribution in [0.15, 0.2) is 53.6 Å². The molecule has 0 unspecified atom stereocenters. The standard InChI is InChI=1S/C17H12F3N3O2/c1-10-6-7-23-14(8-10)21-9-11(16(23)25)15(24)22-13-5-3-2-4-12(13)17(18,19)20/h2-9H,1H3,(H,22,24). The van der Waals surface area contributed by atoms with Gasteiger partial charge in [0.05, 0.1) is 11.3 Å². The normalized spacial score (nSPS) is 11.5. The molecule has 128 valence electrons. The van der Waals surface area contributed by atoms with E-state index >= 15 is 0 Å². The number of para-hydroxylation sites is 1. The summed E-state index contributed by atoms with van der Waals surface area (Å²) in [5.41, 5.74) is -1.20. The first-order valence-electron chi connectivity index (χ1n) is 7.23. The fourth-order valence-electron chi connectivity index (χ4n) is 2.36. The van der Waals surface area contributed by atoms with E-state index in [0.29, 0.717) is 5.65 Å². The number of alkyl halides is 3. The maximum Gasteiger partial charge on any atom is 0.418 e. The van der Waals surface area contributed by atoms with Crippen molar-refractivity contribution < 1.29 is 18.0 Å². The molecule has 0 aliphatic carbocycles. The van der Waals surface area contributed by atoms with Gasteiger partial charge in [-0.3, -0.25) is 14.0 Å². The molecule has 3 aromatic rings. The molecule has 0 radical (unpaired) electrons. The molecule has 5 nitrogen and oxygen atoms in total. The lowest BCUT2D eigenvalue weighted by Gasteiger charge is -2.13. The lowest BCUT2D eigenvalue weighted by molar-refractivity contribution is -0.136. The molecule has 1 N–H and O–H groups in total. The second kappa shape index (κ2) is 6.04. The van der Waals surface area contributed by atoms with E-state index in [1.165, 1.54) is 18.3 Å². The summed E-state index contributed by atoms with van der Waals surface area (Å²) in [7, 11) is 0. The Hall–Kier alpha value is -3.16. The molecular formula is C17H12F3N3O2. The molecule has 0 fully saturated rings. The molecular weight excluding hydrogens is 335 g/mol. The number of benzene rings is 1. The molecule has 25 heavy (non-hydrogen) atoms. The third kappa shape index (κ3) is 3.23. The number of halogens is 3. The highest BCUT2D eigenvalue weighted by molar-refractivity contribution is 6.04. The molecule has 0 aliphatic rings. The number of hydrogen-bond acceptors (Lipinski definition) is 3. The van der Waals surface area contributed by atoms with Crippen LogP contribution in [-0.4, -0.2) is 15.3 Å². The molecule has 0 spiro atoms. The highest BCUT2D eigenvalue weighted by Crippen LogP contribution is 2.34. The summed E-state index contributed by atoms with van der Waals surface area (Å²) in [4.78, 5) is 28.7. The van der Waals surface area contributed by atoms with Crippen molar-refractivity contribution in [2.45, 2.75) is 13.1 Å².